The minimum absolute atomic E-state index is 0.710. The van der Waals surface area contributed by atoms with E-state index in [0.717, 1.165) is 24.1 Å². The van der Waals surface area contributed by atoms with E-state index in [1.807, 2.05) is 24.3 Å². The number of nitrogens with zero attached hydrogens (tertiary/aromatic N) is 1. The molecule has 1 aromatic rings. The summed E-state index contributed by atoms with van der Waals surface area (Å²) in [5.74, 6) is 0.850. The molecule has 2 unspecified atom stereocenters. The lowest BCUT2D eigenvalue weighted by molar-refractivity contribution is 0.706. The molecule has 2 nitrogen and oxygen atoms in total. The first kappa shape index (κ1) is 10.9. The van der Waals surface area contributed by atoms with Gasteiger partial charge in [-0.25, -0.2) is 0 Å². The first-order chi connectivity index (χ1) is 7.79. The third-order valence-electron chi connectivity index (χ3n) is 2.96. The van der Waals surface area contributed by atoms with Crippen LogP contribution in [0, 0.1) is 17.2 Å². The molecular weight excluding hydrogens is 196 g/mol. The van der Waals surface area contributed by atoms with Crippen molar-refractivity contribution >= 4 is 6.08 Å². The Bertz CT molecular complexity index is 411. The number of hydrogen-bond acceptors (Lipinski definition) is 2. The van der Waals surface area contributed by atoms with E-state index in [0.29, 0.717) is 5.56 Å². The normalized spacial score (nSPS) is 23.2. The van der Waals surface area contributed by atoms with Crippen LogP contribution >= 0.6 is 0 Å². The zero-order valence-electron chi connectivity index (χ0n) is 9.48. The van der Waals surface area contributed by atoms with Gasteiger partial charge in [-0.1, -0.05) is 31.2 Å². The molecule has 0 spiro atoms. The second-order valence-corrected chi connectivity index (χ2v) is 4.36. The molecule has 2 rings (SSSR count). The highest BCUT2D eigenvalue weighted by molar-refractivity contribution is 5.51. The van der Waals surface area contributed by atoms with Crippen molar-refractivity contribution in [1.82, 2.24) is 5.32 Å². The number of nitriles is 1. The third-order valence-corrected chi connectivity index (χ3v) is 2.96. The summed E-state index contributed by atoms with van der Waals surface area (Å²) >= 11 is 0. The van der Waals surface area contributed by atoms with E-state index in [1.54, 1.807) is 0 Å². The molecule has 0 saturated heterocycles. The Kier molecular flexibility index (Phi) is 3.38. The first-order valence-electron chi connectivity index (χ1n) is 5.69. The monoisotopic (exact) mass is 212 g/mol. The van der Waals surface area contributed by atoms with Gasteiger partial charge < -0.3 is 5.32 Å². The van der Waals surface area contributed by atoms with Crippen molar-refractivity contribution in [2.24, 2.45) is 5.92 Å². The molecule has 1 aliphatic rings. The molecule has 2 atom stereocenters. The second-order valence-electron chi connectivity index (χ2n) is 4.36. The van der Waals surface area contributed by atoms with Gasteiger partial charge in [0.15, 0.2) is 0 Å². The zero-order valence-corrected chi connectivity index (χ0v) is 9.48. The van der Waals surface area contributed by atoms with Gasteiger partial charge in [0.2, 0.25) is 0 Å². The van der Waals surface area contributed by atoms with Crippen molar-refractivity contribution in [1.29, 1.82) is 5.26 Å². The molecule has 0 bridgehead atoms. The van der Waals surface area contributed by atoms with Crippen LogP contribution in [0.5, 0.6) is 0 Å². The Hall–Kier alpha value is -1.59. The standard InChI is InChI=1S/C14H16N2/c1-11-9-14(11)16-8-2-3-12-4-6-13(10-15)7-5-12/h2-7,11,14,16H,8-9H2,1H3/b3-2+. The number of rotatable bonds is 4. The van der Waals surface area contributed by atoms with Crippen LogP contribution < -0.4 is 5.32 Å². The molecule has 16 heavy (non-hydrogen) atoms. The average molecular weight is 212 g/mol. The van der Waals surface area contributed by atoms with Crippen molar-refractivity contribution in [3.8, 4) is 6.07 Å². The van der Waals surface area contributed by atoms with E-state index in [9.17, 15) is 0 Å². The highest BCUT2D eigenvalue weighted by atomic mass is 15.0. The predicted octanol–water partition coefficient (Wildman–Crippen LogP) is 2.57. The largest absolute Gasteiger partial charge is 0.310 e. The van der Waals surface area contributed by atoms with Crippen LogP contribution in [0.25, 0.3) is 6.08 Å². The summed E-state index contributed by atoms with van der Waals surface area (Å²) in [4.78, 5) is 0. The summed E-state index contributed by atoms with van der Waals surface area (Å²) in [6, 6.07) is 10.5. The number of benzene rings is 1. The van der Waals surface area contributed by atoms with E-state index in [2.05, 4.69) is 30.5 Å². The van der Waals surface area contributed by atoms with Crippen LogP contribution in [0.15, 0.2) is 30.3 Å². The van der Waals surface area contributed by atoms with Crippen LogP contribution in [0.3, 0.4) is 0 Å². The van der Waals surface area contributed by atoms with Gasteiger partial charge in [0.05, 0.1) is 11.6 Å². The van der Waals surface area contributed by atoms with Crippen LogP contribution in [-0.2, 0) is 0 Å². The maximum Gasteiger partial charge on any atom is 0.0991 e. The van der Waals surface area contributed by atoms with E-state index in [1.165, 1.54) is 6.42 Å². The molecule has 1 saturated carbocycles. The minimum Gasteiger partial charge on any atom is -0.310 e. The molecule has 0 heterocycles. The van der Waals surface area contributed by atoms with Crippen molar-refractivity contribution in [2.45, 2.75) is 19.4 Å². The van der Waals surface area contributed by atoms with E-state index in [4.69, 9.17) is 5.26 Å². The van der Waals surface area contributed by atoms with Gasteiger partial charge in [0, 0.05) is 12.6 Å². The molecule has 82 valence electrons. The lowest BCUT2D eigenvalue weighted by atomic mass is 10.1. The maximum absolute atomic E-state index is 8.66. The van der Waals surface area contributed by atoms with Gasteiger partial charge in [-0.05, 0) is 30.0 Å². The molecule has 1 fully saturated rings. The van der Waals surface area contributed by atoms with Crippen molar-refractivity contribution < 1.29 is 0 Å². The predicted molar refractivity (Wildman–Crippen MR) is 65.8 cm³/mol. The molecule has 0 aromatic heterocycles. The van der Waals surface area contributed by atoms with Crippen molar-refractivity contribution in [3.63, 3.8) is 0 Å². The van der Waals surface area contributed by atoms with Crippen LogP contribution in [0.4, 0.5) is 0 Å². The summed E-state index contributed by atoms with van der Waals surface area (Å²) in [7, 11) is 0. The summed E-state index contributed by atoms with van der Waals surface area (Å²) in [5.41, 5.74) is 1.85. The number of nitrogens with one attached hydrogen (secondary N) is 1. The van der Waals surface area contributed by atoms with Gasteiger partial charge in [-0.3, -0.25) is 0 Å². The average Bonchev–Trinajstić information content (AvgIpc) is 3.02. The molecule has 1 aromatic carbocycles. The zero-order chi connectivity index (χ0) is 11.4. The maximum atomic E-state index is 8.66. The van der Waals surface area contributed by atoms with Crippen molar-refractivity contribution in [2.75, 3.05) is 6.54 Å². The summed E-state index contributed by atoms with van der Waals surface area (Å²) in [5, 5.41) is 12.1. The lowest BCUT2D eigenvalue weighted by Crippen LogP contribution is -2.17. The second kappa shape index (κ2) is 4.96. The fourth-order valence-electron chi connectivity index (χ4n) is 1.69. The Morgan fingerprint density at radius 3 is 2.69 bits per heavy atom. The van der Waals surface area contributed by atoms with E-state index in [-0.39, 0.29) is 0 Å². The lowest BCUT2D eigenvalue weighted by Gasteiger charge is -1.97. The smallest absolute Gasteiger partial charge is 0.0991 e. The molecule has 1 N–H and O–H groups in total. The minimum atomic E-state index is 0.710. The van der Waals surface area contributed by atoms with Crippen LogP contribution in [0.2, 0.25) is 0 Å². The molecule has 2 heteroatoms. The highest BCUT2D eigenvalue weighted by Gasteiger charge is 2.31. The summed E-state index contributed by atoms with van der Waals surface area (Å²) < 4.78 is 0. The van der Waals surface area contributed by atoms with Gasteiger partial charge in [-0.15, -0.1) is 0 Å². The van der Waals surface area contributed by atoms with Crippen LogP contribution in [0.1, 0.15) is 24.5 Å². The topological polar surface area (TPSA) is 35.8 Å². The quantitative estimate of drug-likeness (QED) is 0.832. The molecule has 0 aliphatic heterocycles. The molecule has 1 aliphatic carbocycles. The van der Waals surface area contributed by atoms with Gasteiger partial charge in [0.25, 0.3) is 0 Å². The summed E-state index contributed by atoms with van der Waals surface area (Å²) in [6.45, 7) is 3.19. The first-order valence-corrected chi connectivity index (χ1v) is 5.69. The molecular formula is C14H16N2. The molecule has 0 amide bonds. The van der Waals surface area contributed by atoms with E-state index < -0.39 is 0 Å². The highest BCUT2D eigenvalue weighted by Crippen LogP contribution is 2.28. The van der Waals surface area contributed by atoms with Gasteiger partial charge in [0.1, 0.15) is 0 Å². The fraction of sp³-hybridized carbons (Fsp3) is 0.357. The van der Waals surface area contributed by atoms with Gasteiger partial charge in [-0.2, -0.15) is 5.26 Å². The SMILES string of the molecule is CC1CC1NC/C=C/c1ccc(C#N)cc1. The number of hydrogen-bond donors (Lipinski definition) is 1. The van der Waals surface area contributed by atoms with Crippen molar-refractivity contribution in [3.05, 3.63) is 41.5 Å². The Balaban J connectivity index is 1.79. The Labute approximate surface area is 96.6 Å². The van der Waals surface area contributed by atoms with E-state index >= 15 is 0 Å². The summed E-state index contributed by atoms with van der Waals surface area (Å²) in [6.07, 6.45) is 5.53. The third kappa shape index (κ3) is 2.95. The molecule has 0 radical (unpaired) electrons. The fourth-order valence-corrected chi connectivity index (χ4v) is 1.69. The Morgan fingerprint density at radius 2 is 2.12 bits per heavy atom. The van der Waals surface area contributed by atoms with Crippen LogP contribution in [-0.4, -0.2) is 12.6 Å². The Morgan fingerprint density at radius 1 is 1.44 bits per heavy atom. The van der Waals surface area contributed by atoms with Gasteiger partial charge >= 0.3 is 0 Å².